The summed E-state index contributed by atoms with van der Waals surface area (Å²) in [4.78, 5) is 25.0. The Morgan fingerprint density at radius 2 is 2.12 bits per heavy atom. The number of amides is 1. The van der Waals surface area contributed by atoms with E-state index in [-0.39, 0.29) is 23.9 Å². The first-order chi connectivity index (χ1) is 11.8. The zero-order valence-electron chi connectivity index (χ0n) is 14.4. The molecule has 7 nitrogen and oxygen atoms in total. The highest BCUT2D eigenvalue weighted by molar-refractivity contribution is 7.20. The van der Waals surface area contributed by atoms with Gasteiger partial charge in [0.05, 0.1) is 17.1 Å². The predicted octanol–water partition coefficient (Wildman–Crippen LogP) is 3.29. The molecule has 0 aromatic carbocycles. The quantitative estimate of drug-likeness (QED) is 0.727. The van der Waals surface area contributed by atoms with Crippen molar-refractivity contribution in [3.8, 4) is 0 Å². The van der Waals surface area contributed by atoms with Gasteiger partial charge >= 0.3 is 5.97 Å². The lowest BCUT2D eigenvalue weighted by Crippen LogP contribution is -2.21. The maximum Gasteiger partial charge on any atom is 0.339 e. The Hall–Kier alpha value is -2.61. The van der Waals surface area contributed by atoms with E-state index in [1.807, 2.05) is 13.1 Å². The van der Waals surface area contributed by atoms with Crippen LogP contribution in [0.3, 0.4) is 0 Å². The van der Waals surface area contributed by atoms with Crippen molar-refractivity contribution in [2.45, 2.75) is 33.2 Å². The smallest absolute Gasteiger partial charge is 0.339 e. The van der Waals surface area contributed by atoms with E-state index in [4.69, 9.17) is 9.52 Å². The van der Waals surface area contributed by atoms with Gasteiger partial charge in [-0.15, -0.1) is 11.3 Å². The number of rotatable bonds is 5. The van der Waals surface area contributed by atoms with Crippen LogP contribution in [0.5, 0.6) is 0 Å². The molecule has 3 heterocycles. The van der Waals surface area contributed by atoms with E-state index in [9.17, 15) is 9.59 Å². The van der Waals surface area contributed by atoms with Crippen LogP contribution in [0.15, 0.2) is 16.5 Å². The second-order valence-corrected chi connectivity index (χ2v) is 7.19. The van der Waals surface area contributed by atoms with E-state index >= 15 is 0 Å². The molecule has 1 amide bonds. The number of nitrogens with zero attached hydrogens (tertiary/aromatic N) is 2. The lowest BCUT2D eigenvalue weighted by molar-refractivity contribution is 0.0694. The molecule has 0 fully saturated rings. The predicted molar refractivity (Wildman–Crippen MR) is 94.3 cm³/mol. The summed E-state index contributed by atoms with van der Waals surface area (Å²) in [6, 6.07) is 3.29. The number of carbonyl (C=O) groups is 2. The first kappa shape index (κ1) is 17.2. The molecule has 0 radical (unpaired) electrons. The second kappa shape index (κ2) is 6.36. The van der Waals surface area contributed by atoms with Gasteiger partial charge in [0.1, 0.15) is 21.9 Å². The third kappa shape index (κ3) is 3.17. The van der Waals surface area contributed by atoms with Gasteiger partial charge in [0.2, 0.25) is 0 Å². The molecule has 0 saturated carbocycles. The SMILES string of the molecule is Cc1oc(CNC(=O)c2cc3c(C(C)C)nn(C)c3s2)cc1C(=O)O. The highest BCUT2D eigenvalue weighted by Crippen LogP contribution is 2.31. The van der Waals surface area contributed by atoms with E-state index < -0.39 is 5.97 Å². The number of aryl methyl sites for hydroxylation is 2. The van der Waals surface area contributed by atoms with Crippen LogP contribution in [0.1, 0.15) is 57.0 Å². The molecule has 2 N–H and O–H groups in total. The molecule has 0 spiro atoms. The Bertz CT molecular complexity index is 964. The van der Waals surface area contributed by atoms with E-state index in [1.165, 1.54) is 17.4 Å². The number of aromatic nitrogens is 2. The topological polar surface area (TPSA) is 97.4 Å². The van der Waals surface area contributed by atoms with Crippen molar-refractivity contribution >= 4 is 33.4 Å². The number of carboxylic acids is 1. The van der Waals surface area contributed by atoms with Crippen molar-refractivity contribution in [3.63, 3.8) is 0 Å². The number of thiophene rings is 1. The number of fused-ring (bicyclic) bond motifs is 1. The van der Waals surface area contributed by atoms with Crippen LogP contribution < -0.4 is 5.32 Å². The zero-order chi connectivity index (χ0) is 18.3. The van der Waals surface area contributed by atoms with E-state index in [0.29, 0.717) is 16.4 Å². The monoisotopic (exact) mass is 361 g/mol. The van der Waals surface area contributed by atoms with Crippen molar-refractivity contribution in [2.24, 2.45) is 7.05 Å². The first-order valence-electron chi connectivity index (χ1n) is 7.85. The van der Waals surface area contributed by atoms with Crippen LogP contribution >= 0.6 is 11.3 Å². The molecule has 25 heavy (non-hydrogen) atoms. The Morgan fingerprint density at radius 1 is 1.40 bits per heavy atom. The minimum absolute atomic E-state index is 0.110. The molecule has 0 aliphatic heterocycles. The number of nitrogens with one attached hydrogen (secondary N) is 1. The van der Waals surface area contributed by atoms with Gasteiger partial charge in [-0.2, -0.15) is 5.10 Å². The molecule has 0 bridgehead atoms. The third-order valence-electron chi connectivity index (χ3n) is 3.93. The maximum absolute atomic E-state index is 12.4. The minimum Gasteiger partial charge on any atom is -0.478 e. The normalized spacial score (nSPS) is 11.4. The summed E-state index contributed by atoms with van der Waals surface area (Å²) in [5, 5.41) is 17.3. The number of aromatic carboxylic acids is 1. The van der Waals surface area contributed by atoms with Gasteiger partial charge in [0.25, 0.3) is 5.91 Å². The zero-order valence-corrected chi connectivity index (χ0v) is 15.2. The van der Waals surface area contributed by atoms with Crippen molar-refractivity contribution in [3.05, 3.63) is 39.8 Å². The van der Waals surface area contributed by atoms with E-state index in [0.717, 1.165) is 15.9 Å². The summed E-state index contributed by atoms with van der Waals surface area (Å²) in [7, 11) is 1.87. The molecule has 3 aromatic heterocycles. The van der Waals surface area contributed by atoms with Crippen LogP contribution in [0.2, 0.25) is 0 Å². The molecule has 0 aliphatic rings. The third-order valence-corrected chi connectivity index (χ3v) is 5.13. The fourth-order valence-electron chi connectivity index (χ4n) is 2.70. The Balaban J connectivity index is 1.77. The van der Waals surface area contributed by atoms with Crippen LogP contribution in [0.4, 0.5) is 0 Å². The molecule has 8 heteroatoms. The number of carboxylic acid groups (broad SMARTS) is 1. The van der Waals surface area contributed by atoms with Crippen molar-refractivity contribution < 1.29 is 19.1 Å². The molecule has 132 valence electrons. The average Bonchev–Trinajstić information content (AvgIpc) is 3.20. The molecule has 3 aromatic rings. The number of hydrogen-bond donors (Lipinski definition) is 2. The lowest BCUT2D eigenvalue weighted by Gasteiger charge is -2.01. The summed E-state index contributed by atoms with van der Waals surface area (Å²) in [6.45, 7) is 5.86. The second-order valence-electron chi connectivity index (χ2n) is 6.16. The standard InChI is InChI=1S/C17H19N3O4S/c1-8(2)14-12-6-13(25-16(12)20(4)19-14)15(21)18-7-10-5-11(17(22)23)9(3)24-10/h5-6,8H,7H2,1-4H3,(H,18,21)(H,22,23). The number of carbonyl (C=O) groups excluding carboxylic acids is 1. The molecular formula is C17H19N3O4S. The Kier molecular flexibility index (Phi) is 4.38. The first-order valence-corrected chi connectivity index (χ1v) is 8.66. The summed E-state index contributed by atoms with van der Waals surface area (Å²) >= 11 is 1.38. The van der Waals surface area contributed by atoms with Gasteiger partial charge in [-0.25, -0.2) is 4.79 Å². The van der Waals surface area contributed by atoms with Crippen molar-refractivity contribution in [2.75, 3.05) is 0 Å². The average molecular weight is 361 g/mol. The van der Waals surface area contributed by atoms with Gasteiger partial charge < -0.3 is 14.8 Å². The molecule has 0 unspecified atom stereocenters. The summed E-state index contributed by atoms with van der Waals surface area (Å²) in [5.74, 6) is -0.256. The van der Waals surface area contributed by atoms with Crippen LogP contribution in [0, 0.1) is 6.92 Å². The van der Waals surface area contributed by atoms with Gasteiger partial charge in [0.15, 0.2) is 0 Å². The molecular weight excluding hydrogens is 342 g/mol. The van der Waals surface area contributed by atoms with Crippen LogP contribution in [-0.2, 0) is 13.6 Å². The largest absolute Gasteiger partial charge is 0.478 e. The number of furan rings is 1. The summed E-state index contributed by atoms with van der Waals surface area (Å²) in [5.41, 5.74) is 1.08. The van der Waals surface area contributed by atoms with E-state index in [1.54, 1.807) is 11.6 Å². The van der Waals surface area contributed by atoms with Crippen LogP contribution in [0.25, 0.3) is 10.2 Å². The summed E-state index contributed by atoms with van der Waals surface area (Å²) in [6.07, 6.45) is 0. The van der Waals surface area contributed by atoms with Gasteiger partial charge in [-0.3, -0.25) is 9.48 Å². The van der Waals surface area contributed by atoms with E-state index in [2.05, 4.69) is 24.3 Å². The number of hydrogen-bond acceptors (Lipinski definition) is 5. The molecule has 0 atom stereocenters. The molecule has 0 aliphatic carbocycles. The fourth-order valence-corrected chi connectivity index (χ4v) is 3.70. The lowest BCUT2D eigenvalue weighted by atomic mass is 10.1. The molecule has 0 saturated heterocycles. The van der Waals surface area contributed by atoms with Crippen LogP contribution in [-0.4, -0.2) is 26.8 Å². The fraction of sp³-hybridized carbons (Fsp3) is 0.353. The highest BCUT2D eigenvalue weighted by Gasteiger charge is 2.19. The summed E-state index contributed by atoms with van der Waals surface area (Å²) < 4.78 is 7.16. The minimum atomic E-state index is -1.04. The van der Waals surface area contributed by atoms with Crippen molar-refractivity contribution in [1.82, 2.24) is 15.1 Å². The van der Waals surface area contributed by atoms with Gasteiger partial charge in [-0.05, 0) is 25.0 Å². The maximum atomic E-state index is 12.4. The van der Waals surface area contributed by atoms with Gasteiger partial charge in [0, 0.05) is 12.4 Å². The Labute approximate surface area is 148 Å². The van der Waals surface area contributed by atoms with Gasteiger partial charge in [-0.1, -0.05) is 13.8 Å². The van der Waals surface area contributed by atoms with Crippen molar-refractivity contribution in [1.29, 1.82) is 0 Å². The molecule has 3 rings (SSSR count). The Morgan fingerprint density at radius 3 is 2.72 bits per heavy atom. The highest BCUT2D eigenvalue weighted by atomic mass is 32.1.